The zero-order valence-corrected chi connectivity index (χ0v) is 37.5. The molecule has 3 aliphatic heterocycles. The van der Waals surface area contributed by atoms with Crippen LogP contribution in [0.25, 0.3) is 10.9 Å². The van der Waals surface area contributed by atoms with E-state index < -0.39 is 15.7 Å². The molecule has 2 aromatic carbocycles. The average Bonchev–Trinajstić information content (AvgIpc) is 3.27. The smallest absolute Gasteiger partial charge is 0.210 e. The van der Waals surface area contributed by atoms with E-state index in [1.165, 1.54) is 115 Å². The molecule has 11 heteroatoms. The van der Waals surface area contributed by atoms with Gasteiger partial charge in [0.15, 0.2) is 11.6 Å². The lowest BCUT2D eigenvalue weighted by Gasteiger charge is -2.46. The molecule has 0 bridgehead atoms. The minimum atomic E-state index is -4.14. The Labute approximate surface area is 355 Å². The van der Waals surface area contributed by atoms with E-state index in [9.17, 15) is 8.42 Å². The highest BCUT2D eigenvalue weighted by Gasteiger charge is 2.34. The van der Waals surface area contributed by atoms with Crippen LogP contribution < -0.4 is 14.4 Å². The quantitative estimate of drug-likeness (QED) is 0.0868. The van der Waals surface area contributed by atoms with E-state index in [4.69, 9.17) is 9.47 Å². The molecule has 0 aliphatic carbocycles. The number of anilines is 1. The summed E-state index contributed by atoms with van der Waals surface area (Å²) in [4.78, 5) is 14.7. The third kappa shape index (κ3) is 12.5. The number of hydrogen-bond acceptors (Lipinski definition) is 9. The zero-order chi connectivity index (χ0) is 41.5. The molecular weight excluding hydrogens is 762 g/mol. The molecule has 3 fully saturated rings. The number of halogens is 1. The first-order valence-electron chi connectivity index (χ1n) is 23.4. The van der Waals surface area contributed by atoms with Gasteiger partial charge in [0.2, 0.25) is 9.84 Å². The van der Waals surface area contributed by atoms with Crippen molar-refractivity contribution >= 4 is 26.4 Å². The molecule has 0 saturated carbocycles. The summed E-state index contributed by atoms with van der Waals surface area (Å²) in [5.41, 5.74) is 1.32. The fourth-order valence-corrected chi connectivity index (χ4v) is 11.1. The highest BCUT2D eigenvalue weighted by Crippen LogP contribution is 2.39. The van der Waals surface area contributed by atoms with Gasteiger partial charge in [-0.1, -0.05) is 97.3 Å². The highest BCUT2D eigenvalue weighted by atomic mass is 32.2. The molecule has 0 radical (unpaired) electrons. The lowest BCUT2D eigenvalue weighted by Crippen LogP contribution is -2.56. The molecule has 1 aromatic heterocycles. The Morgan fingerprint density at radius 2 is 1.25 bits per heavy atom. The molecule has 4 heterocycles. The lowest BCUT2D eigenvalue weighted by atomic mass is 9.99. The highest BCUT2D eigenvalue weighted by molar-refractivity contribution is 7.91. The summed E-state index contributed by atoms with van der Waals surface area (Å²) in [5, 5.41) is 0.722. The van der Waals surface area contributed by atoms with Gasteiger partial charge in [-0.15, -0.1) is 0 Å². The molecule has 9 nitrogen and oxygen atoms in total. The predicted molar refractivity (Wildman–Crippen MR) is 239 cm³/mol. The van der Waals surface area contributed by atoms with Crippen LogP contribution in [0.5, 0.6) is 11.5 Å². The Balaban J connectivity index is 1.02. The number of sulfone groups is 1. The molecule has 0 N–H and O–H groups in total. The molecule has 6 rings (SSSR count). The number of hydrogen-bond donors (Lipinski definition) is 0. The lowest BCUT2D eigenvalue weighted by molar-refractivity contribution is 0.0384. The van der Waals surface area contributed by atoms with E-state index in [0.29, 0.717) is 35.6 Å². The van der Waals surface area contributed by atoms with Crippen LogP contribution in [0.3, 0.4) is 0 Å². The summed E-state index contributed by atoms with van der Waals surface area (Å²) in [5.74, 6) is 0.0559. The van der Waals surface area contributed by atoms with E-state index in [2.05, 4.69) is 38.4 Å². The minimum absolute atomic E-state index is 0.0880. The number of benzene rings is 2. The summed E-state index contributed by atoms with van der Waals surface area (Å²) < 4.78 is 55.8. The number of likely N-dealkylation sites (tertiary alicyclic amines) is 1. The molecular formula is C48H74FN5O4S. The van der Waals surface area contributed by atoms with E-state index in [0.717, 1.165) is 89.4 Å². The molecule has 328 valence electrons. The van der Waals surface area contributed by atoms with E-state index >= 15 is 4.39 Å². The van der Waals surface area contributed by atoms with Gasteiger partial charge in [0.1, 0.15) is 10.6 Å². The van der Waals surface area contributed by atoms with Crippen LogP contribution in [0.15, 0.2) is 52.4 Å². The van der Waals surface area contributed by atoms with Gasteiger partial charge in [0, 0.05) is 62.9 Å². The zero-order valence-electron chi connectivity index (χ0n) is 36.7. The van der Waals surface area contributed by atoms with Crippen LogP contribution in [-0.4, -0.2) is 113 Å². The monoisotopic (exact) mass is 836 g/mol. The SMILES string of the molecule is CCCCCCCCCCCCCCCCOc1ccc(S(=O)(=O)c2cnc3ccc(OC)cc3c2N2CCC(N3CCN(C4CCN(CC)CC4)CC3)CC2)cc1F. The van der Waals surface area contributed by atoms with Crippen molar-refractivity contribution in [2.24, 2.45) is 0 Å². The van der Waals surface area contributed by atoms with Gasteiger partial charge in [0.05, 0.1) is 29.8 Å². The topological polar surface area (TPSA) is 78.4 Å². The standard InChI is InChI=1S/C48H74FN5O4S/c1-4-6-7-8-9-10-11-12-13-14-15-16-17-18-35-58-46-22-20-42(37-44(46)49)59(55,56)47-38-50-45-21-19-41(57-3)36-43(45)48(47)54-29-25-40(26-30-54)53-33-31-52(32-34-53)39-23-27-51(5-2)28-24-39/h19-22,36-40H,4-18,23-35H2,1-3H3. The fourth-order valence-electron chi connectivity index (χ4n) is 9.68. The van der Waals surface area contributed by atoms with Gasteiger partial charge < -0.3 is 19.3 Å². The minimum Gasteiger partial charge on any atom is -0.497 e. The second-order valence-electron chi connectivity index (χ2n) is 17.4. The first-order valence-corrected chi connectivity index (χ1v) is 24.9. The second kappa shape index (κ2) is 23.3. The molecule has 0 amide bonds. The van der Waals surface area contributed by atoms with Crippen molar-refractivity contribution in [2.75, 3.05) is 77.5 Å². The number of piperidine rings is 2. The van der Waals surface area contributed by atoms with Crippen molar-refractivity contribution in [3.63, 3.8) is 0 Å². The number of rotatable bonds is 23. The summed E-state index contributed by atoms with van der Waals surface area (Å²) in [6, 6.07) is 10.8. The van der Waals surface area contributed by atoms with Crippen LogP contribution in [0, 0.1) is 5.82 Å². The molecule has 0 atom stereocenters. The summed E-state index contributed by atoms with van der Waals surface area (Å²) in [6.07, 6.45) is 23.7. The third-order valence-electron chi connectivity index (χ3n) is 13.4. The van der Waals surface area contributed by atoms with Crippen molar-refractivity contribution in [3.05, 3.63) is 48.4 Å². The van der Waals surface area contributed by atoms with Crippen LogP contribution in [0.1, 0.15) is 129 Å². The molecule has 0 unspecified atom stereocenters. The Morgan fingerprint density at radius 3 is 1.80 bits per heavy atom. The number of ether oxygens (including phenoxy) is 2. The molecule has 3 aliphatic rings. The molecule has 0 spiro atoms. The second-order valence-corrected chi connectivity index (χ2v) is 19.3. The van der Waals surface area contributed by atoms with Crippen molar-refractivity contribution < 1.29 is 22.3 Å². The van der Waals surface area contributed by atoms with Crippen molar-refractivity contribution in [2.45, 2.75) is 151 Å². The number of pyridine rings is 1. The van der Waals surface area contributed by atoms with E-state index in [1.807, 2.05) is 18.2 Å². The fraction of sp³-hybridized carbons (Fsp3) is 0.688. The molecule has 3 aromatic rings. The number of aromatic nitrogens is 1. The Hall–Kier alpha value is -2.99. The number of piperazine rings is 1. The normalized spacial score (nSPS) is 18.2. The van der Waals surface area contributed by atoms with Gasteiger partial charge >= 0.3 is 0 Å². The van der Waals surface area contributed by atoms with Crippen LogP contribution >= 0.6 is 0 Å². The van der Waals surface area contributed by atoms with Gasteiger partial charge in [-0.05, 0) is 88.1 Å². The predicted octanol–water partition coefficient (Wildman–Crippen LogP) is 10.1. The summed E-state index contributed by atoms with van der Waals surface area (Å²) >= 11 is 0. The largest absolute Gasteiger partial charge is 0.497 e. The summed E-state index contributed by atoms with van der Waals surface area (Å²) in [6.45, 7) is 14.3. The number of unbranched alkanes of at least 4 members (excludes halogenated alkanes) is 13. The first kappa shape index (κ1) is 45.5. The van der Waals surface area contributed by atoms with Crippen LogP contribution in [0.4, 0.5) is 10.1 Å². The van der Waals surface area contributed by atoms with Crippen molar-refractivity contribution in [1.29, 1.82) is 0 Å². The first-order chi connectivity index (χ1) is 28.8. The maximum atomic E-state index is 15.5. The van der Waals surface area contributed by atoms with E-state index in [-0.39, 0.29) is 15.5 Å². The summed E-state index contributed by atoms with van der Waals surface area (Å²) in [7, 11) is -2.52. The Bertz CT molecular complexity index is 1820. The van der Waals surface area contributed by atoms with Gasteiger partial charge in [0.25, 0.3) is 0 Å². The maximum Gasteiger partial charge on any atom is 0.210 e. The van der Waals surface area contributed by atoms with Gasteiger partial charge in [-0.25, -0.2) is 12.8 Å². The Kier molecular flexibility index (Phi) is 18.0. The van der Waals surface area contributed by atoms with E-state index in [1.54, 1.807) is 7.11 Å². The number of nitrogens with zero attached hydrogens (tertiary/aromatic N) is 5. The Morgan fingerprint density at radius 1 is 0.695 bits per heavy atom. The number of fused-ring (bicyclic) bond motifs is 1. The van der Waals surface area contributed by atoms with Crippen LogP contribution in [0.2, 0.25) is 0 Å². The third-order valence-corrected chi connectivity index (χ3v) is 15.2. The number of methoxy groups -OCH3 is 1. The van der Waals surface area contributed by atoms with Gasteiger partial charge in [-0.2, -0.15) is 0 Å². The van der Waals surface area contributed by atoms with Crippen molar-refractivity contribution in [1.82, 2.24) is 19.7 Å². The maximum absolute atomic E-state index is 15.5. The van der Waals surface area contributed by atoms with Crippen molar-refractivity contribution in [3.8, 4) is 11.5 Å². The average molecular weight is 836 g/mol. The molecule has 59 heavy (non-hydrogen) atoms. The molecule has 3 saturated heterocycles. The van der Waals surface area contributed by atoms with Crippen LogP contribution in [-0.2, 0) is 9.84 Å². The van der Waals surface area contributed by atoms with Gasteiger partial charge in [-0.3, -0.25) is 14.8 Å².